The number of nitrogens with zero attached hydrogens (tertiary/aromatic N) is 4. The molecule has 1 saturated heterocycles. The second-order valence-corrected chi connectivity index (χ2v) is 17.0. The van der Waals surface area contributed by atoms with E-state index in [9.17, 15) is 4.79 Å². The standard InChI is InChI=1S/C51H59N7O/c52-33-39-16-18-42(19-17-39)36-57(35-41-12-6-2-7-13-41)50(59)44-25-26-47-46(32-44)55-48(27-22-38-20-23-43(24-21-38)49(53)54)58(47)37-51(45-14-8-3-9-15-45)28-30-56(31-29-51)34-40-10-4-1-5-11-40/h1,3-5,8-11,14-21,23-26,32,41H,2,6-7,12-13,22,27-31,33-37,52H2,(H3,53,54). The number of likely N-dealkylation sites (tertiary alicyclic amines) is 1. The maximum atomic E-state index is 14.6. The summed E-state index contributed by atoms with van der Waals surface area (Å²) in [6.45, 7) is 5.63. The molecule has 5 N–H and O–H groups in total. The molecule has 1 amide bonds. The van der Waals surface area contributed by atoms with Gasteiger partial charge < -0.3 is 20.9 Å². The first kappa shape index (κ1) is 40.2. The molecule has 8 rings (SSSR count). The van der Waals surface area contributed by atoms with E-state index >= 15 is 0 Å². The predicted octanol–water partition coefficient (Wildman–Crippen LogP) is 9.02. The number of carbonyl (C=O) groups excluding carboxylic acids is 1. The van der Waals surface area contributed by atoms with Gasteiger partial charge in [0.15, 0.2) is 0 Å². The van der Waals surface area contributed by atoms with E-state index in [4.69, 9.17) is 21.9 Å². The number of carbonyl (C=O) groups is 1. The Kier molecular flexibility index (Phi) is 12.7. The summed E-state index contributed by atoms with van der Waals surface area (Å²) in [6.07, 6.45) is 9.72. The van der Waals surface area contributed by atoms with Gasteiger partial charge in [0.05, 0.1) is 11.0 Å². The monoisotopic (exact) mass is 785 g/mol. The lowest BCUT2D eigenvalue weighted by molar-refractivity contribution is 0.0699. The Labute approximate surface area is 349 Å². The molecule has 1 aromatic heterocycles. The van der Waals surface area contributed by atoms with Gasteiger partial charge in [-0.25, -0.2) is 4.98 Å². The van der Waals surface area contributed by atoms with Gasteiger partial charge in [-0.15, -0.1) is 0 Å². The van der Waals surface area contributed by atoms with Crippen molar-refractivity contribution in [2.45, 2.75) is 89.4 Å². The minimum absolute atomic E-state index is 0.0635. The molecular formula is C51H59N7O. The maximum absolute atomic E-state index is 14.6. The molecule has 6 aromatic rings. The van der Waals surface area contributed by atoms with Crippen molar-refractivity contribution in [3.8, 4) is 0 Å². The molecule has 5 aromatic carbocycles. The summed E-state index contributed by atoms with van der Waals surface area (Å²) < 4.78 is 2.46. The van der Waals surface area contributed by atoms with Gasteiger partial charge in [0.1, 0.15) is 11.7 Å². The van der Waals surface area contributed by atoms with Crippen molar-refractivity contribution in [2.75, 3.05) is 19.6 Å². The van der Waals surface area contributed by atoms with Crippen molar-refractivity contribution in [1.82, 2.24) is 19.4 Å². The molecule has 1 saturated carbocycles. The molecule has 0 spiro atoms. The highest BCUT2D eigenvalue weighted by molar-refractivity contribution is 5.97. The summed E-state index contributed by atoms with van der Waals surface area (Å²) in [5.74, 6) is 1.68. The second kappa shape index (κ2) is 18.6. The molecule has 2 fully saturated rings. The number of benzene rings is 5. The Morgan fingerprint density at radius 2 is 1.39 bits per heavy atom. The number of nitrogen functional groups attached to an aromatic ring is 1. The summed E-state index contributed by atoms with van der Waals surface area (Å²) in [4.78, 5) is 24.7. The first-order valence-electron chi connectivity index (χ1n) is 21.7. The van der Waals surface area contributed by atoms with Crippen molar-refractivity contribution >= 4 is 22.8 Å². The van der Waals surface area contributed by atoms with Gasteiger partial charge in [-0.2, -0.15) is 0 Å². The first-order valence-corrected chi connectivity index (χ1v) is 21.7. The molecule has 2 heterocycles. The van der Waals surface area contributed by atoms with Gasteiger partial charge in [0, 0.05) is 55.7 Å². The van der Waals surface area contributed by atoms with Crippen LogP contribution in [0.1, 0.15) is 94.5 Å². The summed E-state index contributed by atoms with van der Waals surface area (Å²) in [7, 11) is 0. The lowest BCUT2D eigenvalue weighted by atomic mass is 9.72. The topological polar surface area (TPSA) is 117 Å². The van der Waals surface area contributed by atoms with E-state index in [1.807, 2.05) is 24.3 Å². The molecule has 0 unspecified atom stereocenters. The molecular weight excluding hydrogens is 727 g/mol. The zero-order valence-corrected chi connectivity index (χ0v) is 34.4. The van der Waals surface area contributed by atoms with Crippen LogP contribution in [0.25, 0.3) is 11.0 Å². The molecule has 0 atom stereocenters. The van der Waals surface area contributed by atoms with Crippen molar-refractivity contribution in [1.29, 1.82) is 5.41 Å². The number of aryl methyl sites for hydroxylation is 2. The number of rotatable bonds is 15. The third-order valence-electron chi connectivity index (χ3n) is 13.0. The summed E-state index contributed by atoms with van der Waals surface area (Å²) >= 11 is 0. The Hall–Kier alpha value is -5.57. The maximum Gasteiger partial charge on any atom is 0.254 e. The zero-order chi connectivity index (χ0) is 40.6. The fourth-order valence-electron chi connectivity index (χ4n) is 9.48. The molecule has 0 radical (unpaired) electrons. The van der Waals surface area contributed by atoms with Crippen LogP contribution in [0, 0.1) is 11.3 Å². The number of nitrogens with one attached hydrogen (secondary N) is 1. The molecule has 2 aliphatic rings. The molecule has 59 heavy (non-hydrogen) atoms. The van der Waals surface area contributed by atoms with Crippen LogP contribution in [0.15, 0.2) is 127 Å². The van der Waals surface area contributed by atoms with Gasteiger partial charge in [-0.05, 0) is 97.1 Å². The van der Waals surface area contributed by atoms with Crippen molar-refractivity contribution < 1.29 is 4.79 Å². The van der Waals surface area contributed by atoms with E-state index in [-0.39, 0.29) is 17.2 Å². The Balaban J connectivity index is 1.12. The van der Waals surface area contributed by atoms with Crippen LogP contribution >= 0.6 is 0 Å². The van der Waals surface area contributed by atoms with E-state index in [1.54, 1.807) is 0 Å². The quantitative estimate of drug-likeness (QED) is 0.0710. The SMILES string of the molecule is N=C(N)c1ccc(CCc2nc3cc(C(=O)N(Cc4ccc(CN)cc4)CC4CCCCC4)ccc3n2CC2(c3ccccc3)CCN(Cc3ccccc3)CC2)cc1. The number of nitrogens with two attached hydrogens (primary N) is 2. The molecule has 1 aliphatic heterocycles. The number of aromatic nitrogens is 2. The third kappa shape index (κ3) is 9.67. The smallest absolute Gasteiger partial charge is 0.254 e. The number of hydrogen-bond acceptors (Lipinski definition) is 5. The average Bonchev–Trinajstić information content (AvgIpc) is 3.62. The van der Waals surface area contributed by atoms with Crippen LogP contribution in [0.3, 0.4) is 0 Å². The number of amidine groups is 1. The fraction of sp³-hybridized carbons (Fsp3) is 0.353. The highest BCUT2D eigenvalue weighted by Crippen LogP contribution is 2.39. The molecule has 8 nitrogen and oxygen atoms in total. The molecule has 304 valence electrons. The van der Waals surface area contributed by atoms with Gasteiger partial charge in [0.2, 0.25) is 0 Å². The van der Waals surface area contributed by atoms with E-state index in [0.717, 1.165) is 92.0 Å². The summed E-state index contributed by atoms with van der Waals surface area (Å²) in [5.41, 5.74) is 21.1. The highest BCUT2D eigenvalue weighted by Gasteiger charge is 2.38. The minimum atomic E-state index is -0.0787. The molecule has 8 heteroatoms. The lowest BCUT2D eigenvalue weighted by Crippen LogP contribution is -2.44. The number of amides is 1. The van der Waals surface area contributed by atoms with Gasteiger partial charge >= 0.3 is 0 Å². The number of hydrogen-bond donors (Lipinski definition) is 3. The molecule has 0 bridgehead atoms. The van der Waals surface area contributed by atoms with Crippen molar-refractivity contribution in [2.24, 2.45) is 17.4 Å². The van der Waals surface area contributed by atoms with E-state index in [1.165, 1.54) is 48.8 Å². The highest BCUT2D eigenvalue weighted by atomic mass is 16.2. The number of fused-ring (bicyclic) bond motifs is 1. The second-order valence-electron chi connectivity index (χ2n) is 17.0. The first-order chi connectivity index (χ1) is 28.9. The number of piperidine rings is 1. The fourth-order valence-corrected chi connectivity index (χ4v) is 9.48. The summed E-state index contributed by atoms with van der Waals surface area (Å²) in [6, 6.07) is 44.5. The Bertz CT molecular complexity index is 2300. The van der Waals surface area contributed by atoms with Crippen molar-refractivity contribution in [3.05, 3.63) is 172 Å². The molecule has 1 aliphatic carbocycles. The van der Waals surface area contributed by atoms with E-state index < -0.39 is 0 Å². The average molecular weight is 786 g/mol. The van der Waals surface area contributed by atoms with Crippen LogP contribution in [0.5, 0.6) is 0 Å². The van der Waals surface area contributed by atoms with Crippen LogP contribution in [-0.2, 0) is 44.4 Å². The normalized spacial score (nSPS) is 15.9. The van der Waals surface area contributed by atoms with Crippen LogP contribution in [0.4, 0.5) is 0 Å². The van der Waals surface area contributed by atoms with E-state index in [2.05, 4.69) is 117 Å². The van der Waals surface area contributed by atoms with Gasteiger partial charge in [-0.1, -0.05) is 128 Å². The Morgan fingerprint density at radius 3 is 2.07 bits per heavy atom. The third-order valence-corrected chi connectivity index (χ3v) is 13.0. The van der Waals surface area contributed by atoms with Crippen LogP contribution in [0.2, 0.25) is 0 Å². The Morgan fingerprint density at radius 1 is 0.746 bits per heavy atom. The number of imidazole rings is 1. The van der Waals surface area contributed by atoms with Crippen LogP contribution < -0.4 is 11.5 Å². The van der Waals surface area contributed by atoms with Gasteiger partial charge in [0.25, 0.3) is 5.91 Å². The zero-order valence-electron chi connectivity index (χ0n) is 34.4. The van der Waals surface area contributed by atoms with E-state index in [0.29, 0.717) is 24.6 Å². The van der Waals surface area contributed by atoms with Gasteiger partial charge in [-0.3, -0.25) is 15.1 Å². The van der Waals surface area contributed by atoms with Crippen molar-refractivity contribution in [3.63, 3.8) is 0 Å². The minimum Gasteiger partial charge on any atom is -0.384 e. The largest absolute Gasteiger partial charge is 0.384 e. The predicted molar refractivity (Wildman–Crippen MR) is 239 cm³/mol. The lowest BCUT2D eigenvalue weighted by Gasteiger charge is -2.43. The summed E-state index contributed by atoms with van der Waals surface area (Å²) in [5, 5.41) is 7.85. The van der Waals surface area contributed by atoms with Crippen LogP contribution in [-0.4, -0.2) is 50.7 Å².